The van der Waals surface area contributed by atoms with E-state index in [2.05, 4.69) is 0 Å². The van der Waals surface area contributed by atoms with Crippen molar-refractivity contribution in [1.82, 2.24) is 0 Å². The van der Waals surface area contributed by atoms with Gasteiger partial charge in [-0.25, -0.2) is 4.79 Å². The third kappa shape index (κ3) is 6.83. The highest BCUT2D eigenvalue weighted by Gasteiger charge is 2.99. The molecule has 0 saturated carbocycles. The van der Waals surface area contributed by atoms with Crippen LogP contribution in [0.4, 0.5) is 101 Å². The zero-order chi connectivity index (χ0) is 49.6. The van der Waals surface area contributed by atoms with Gasteiger partial charge in [0.1, 0.15) is 11.2 Å². The van der Waals surface area contributed by atoms with E-state index in [1.165, 1.54) is 36.4 Å². The van der Waals surface area contributed by atoms with E-state index < -0.39 is 107 Å². The van der Waals surface area contributed by atoms with Crippen molar-refractivity contribution in [3.63, 3.8) is 0 Å². The summed E-state index contributed by atoms with van der Waals surface area (Å²) in [5, 5.41) is -0.699. The van der Waals surface area contributed by atoms with Crippen LogP contribution >= 0.6 is 10.3 Å². The molecule has 0 aliphatic rings. The highest BCUT2D eigenvalue weighted by molar-refractivity contribution is 8.30. The van der Waals surface area contributed by atoms with Crippen LogP contribution < -0.4 is 5.43 Å². The van der Waals surface area contributed by atoms with Crippen LogP contribution in [0.1, 0.15) is 0 Å². The molecule has 0 spiro atoms. The molecule has 4 nitrogen and oxygen atoms in total. The zero-order valence-corrected chi connectivity index (χ0v) is 31.4. The third-order valence-corrected chi connectivity index (χ3v) is 12.6. The number of hydrogen-bond donors (Lipinski definition) is 0. The van der Waals surface area contributed by atoms with Gasteiger partial charge < -0.3 is 8.60 Å². The average Bonchev–Trinajstić information content (AvgIpc) is 3.22. The molecule has 5 rings (SSSR count). The van der Waals surface area contributed by atoms with Crippen molar-refractivity contribution in [2.75, 3.05) is 0 Å². The summed E-state index contributed by atoms with van der Waals surface area (Å²) in [6.45, 7) is 0. The van der Waals surface area contributed by atoms with Gasteiger partial charge in [-0.2, -0.15) is 101 Å². The van der Waals surface area contributed by atoms with Gasteiger partial charge in [0, 0.05) is 14.7 Å². The summed E-state index contributed by atoms with van der Waals surface area (Å²) >= 11 is 0. The summed E-state index contributed by atoms with van der Waals surface area (Å²) < 4.78 is 336. The summed E-state index contributed by atoms with van der Waals surface area (Å²) in [7, 11) is -4.68. The van der Waals surface area contributed by atoms with E-state index in [-0.39, 0.29) is 16.6 Å². The topological polar surface area (TPSA) is 56.5 Å². The maximum atomic E-state index is 15.6. The normalized spacial score (nSPS) is 15.1. The van der Waals surface area contributed by atoms with Crippen LogP contribution in [0.2, 0.25) is 0 Å². The molecule has 1 aromatic heterocycles. The predicted octanol–water partition coefficient (Wildman–Crippen LogP) is 13.6. The number of para-hydroxylation sites is 1. The first-order valence-corrected chi connectivity index (χ1v) is 18.3. The summed E-state index contributed by atoms with van der Waals surface area (Å²) in [4.78, 5) is 24.8. The highest BCUT2D eigenvalue weighted by atomic mass is 32.3. The van der Waals surface area contributed by atoms with Crippen molar-refractivity contribution in [2.45, 2.75) is 80.1 Å². The standard InChI is InChI=1S/C37H17F23O4S/c38-27(39,28(40,41)29(42,43)30(44,45)31(46,47)32(48,49)33(50,51)34(52,53)35(54,55)36(56,57)37(58,59)60)26(62)64-65(18-9-3-1-4-10-18,19-11-5-2-6-12-19)20-15-16-24-22(17-20)25(61)21-13-7-8-14-23(21)63-24/h1-17H. The van der Waals surface area contributed by atoms with Crippen LogP contribution in [-0.4, -0.2) is 71.4 Å². The van der Waals surface area contributed by atoms with Gasteiger partial charge in [-0.1, -0.05) is 48.5 Å². The Morgan fingerprint density at radius 2 is 0.754 bits per heavy atom. The minimum atomic E-state index is -9.61. The Morgan fingerprint density at radius 3 is 1.17 bits per heavy atom. The fourth-order valence-electron chi connectivity index (χ4n) is 5.79. The van der Waals surface area contributed by atoms with Crippen LogP contribution in [-0.2, 0) is 8.98 Å². The Hall–Kier alpha value is -5.44. The Morgan fingerprint density at radius 1 is 0.400 bits per heavy atom. The number of benzene rings is 4. The molecule has 0 unspecified atom stereocenters. The molecule has 5 aromatic rings. The summed E-state index contributed by atoms with van der Waals surface area (Å²) in [6, 6.07) is 17.6. The molecule has 0 aliphatic carbocycles. The average molecular weight is 995 g/mol. The van der Waals surface area contributed by atoms with E-state index in [4.69, 9.17) is 8.60 Å². The second kappa shape index (κ2) is 15.3. The Bertz CT molecular complexity index is 2610. The lowest BCUT2D eigenvalue weighted by molar-refractivity contribution is -0.477. The first kappa shape index (κ1) is 50.6. The van der Waals surface area contributed by atoms with Crippen LogP contribution in [0.15, 0.2) is 127 Å². The fraction of sp³-hybridized carbons (Fsp3) is 0.297. The number of alkyl halides is 23. The van der Waals surface area contributed by atoms with Gasteiger partial charge in [-0.3, -0.25) is 4.79 Å². The van der Waals surface area contributed by atoms with Gasteiger partial charge in [0.2, 0.25) is 5.43 Å². The minimum absolute atomic E-state index is 0.0600. The van der Waals surface area contributed by atoms with Crippen LogP contribution in [0.5, 0.6) is 0 Å². The maximum absolute atomic E-state index is 15.6. The van der Waals surface area contributed by atoms with Crippen LogP contribution in [0.25, 0.3) is 21.9 Å². The largest absolute Gasteiger partial charge is 0.460 e. The predicted molar refractivity (Wildman–Crippen MR) is 177 cm³/mol. The van der Waals surface area contributed by atoms with E-state index in [0.29, 0.717) is 0 Å². The van der Waals surface area contributed by atoms with E-state index >= 15 is 17.6 Å². The SMILES string of the molecule is O=C(OS(c1ccccc1)(c1ccccc1)c1ccc2oc3ccccc3c(=O)c2c1)C(F)(F)C(F)(F)C(F)(F)C(F)(F)C(F)(F)C(F)(F)C(F)(F)C(F)(F)C(F)(F)C(F)(F)C(F)(F)F. The van der Waals surface area contributed by atoms with Crippen molar-refractivity contribution >= 4 is 38.2 Å². The van der Waals surface area contributed by atoms with Crippen LogP contribution in [0.3, 0.4) is 0 Å². The highest BCUT2D eigenvalue weighted by Crippen LogP contribution is 2.71. The Kier molecular flexibility index (Phi) is 11.9. The first-order valence-electron chi connectivity index (χ1n) is 16.8. The number of rotatable bonds is 14. The van der Waals surface area contributed by atoms with E-state index in [9.17, 15) is 93.0 Å². The fourth-order valence-corrected chi connectivity index (χ4v) is 8.85. The molecule has 65 heavy (non-hydrogen) atoms. The molecular weight excluding hydrogens is 977 g/mol. The number of carbonyl (C=O) groups excluding carboxylic acids is 1. The van der Waals surface area contributed by atoms with Gasteiger partial charge in [0.15, 0.2) is 0 Å². The van der Waals surface area contributed by atoms with Gasteiger partial charge in [0.25, 0.3) is 0 Å². The molecule has 0 saturated heterocycles. The maximum Gasteiger partial charge on any atom is 0.460 e. The minimum Gasteiger partial charge on any atom is -0.456 e. The lowest BCUT2D eigenvalue weighted by Crippen LogP contribution is -2.78. The molecular formula is C37H17F23O4S. The van der Waals surface area contributed by atoms with Crippen molar-refractivity contribution < 1.29 is 114 Å². The van der Waals surface area contributed by atoms with Crippen molar-refractivity contribution in [1.29, 1.82) is 0 Å². The van der Waals surface area contributed by atoms with E-state index in [1.807, 2.05) is 0 Å². The van der Waals surface area contributed by atoms with Crippen molar-refractivity contribution in [2.24, 2.45) is 0 Å². The Labute approximate surface area is 346 Å². The monoisotopic (exact) mass is 994 g/mol. The second-order valence-electron chi connectivity index (χ2n) is 13.4. The van der Waals surface area contributed by atoms with Gasteiger partial charge >= 0.3 is 71.4 Å². The molecule has 0 fully saturated rings. The first-order chi connectivity index (χ1) is 29.3. The molecule has 0 N–H and O–H groups in total. The molecule has 0 bridgehead atoms. The van der Waals surface area contributed by atoms with Crippen molar-refractivity contribution in [3.05, 3.63) is 113 Å². The number of hydrogen-bond acceptors (Lipinski definition) is 4. The molecule has 0 atom stereocenters. The van der Waals surface area contributed by atoms with E-state index in [1.54, 1.807) is 0 Å². The summed E-state index contributed by atoms with van der Waals surface area (Å²) in [5.74, 6) is -95.2. The van der Waals surface area contributed by atoms with Gasteiger partial charge in [-0.15, -0.1) is 0 Å². The van der Waals surface area contributed by atoms with Crippen molar-refractivity contribution in [3.8, 4) is 0 Å². The second-order valence-corrected chi connectivity index (χ2v) is 16.1. The molecule has 1 heterocycles. The number of halogens is 23. The van der Waals surface area contributed by atoms with Gasteiger partial charge in [0.05, 0.1) is 10.8 Å². The molecule has 0 radical (unpaired) electrons. The lowest BCUT2D eigenvalue weighted by Gasteiger charge is -2.45. The van der Waals surface area contributed by atoms with Crippen LogP contribution in [0, 0.1) is 0 Å². The Balaban J connectivity index is 1.67. The third-order valence-electron chi connectivity index (χ3n) is 9.39. The summed E-state index contributed by atoms with van der Waals surface area (Å²) in [6.07, 6.45) is -8.19. The smallest absolute Gasteiger partial charge is 0.456 e. The quantitative estimate of drug-likeness (QED) is 0.0822. The zero-order valence-electron chi connectivity index (χ0n) is 30.5. The molecule has 28 heteroatoms. The molecule has 4 aromatic carbocycles. The summed E-state index contributed by atoms with van der Waals surface area (Å²) in [5.41, 5.74) is -1.31. The molecule has 0 aliphatic heterocycles. The van der Waals surface area contributed by atoms with Gasteiger partial charge in [-0.05, 0) is 64.9 Å². The molecule has 356 valence electrons. The molecule has 0 amide bonds. The number of carbonyl (C=O) groups is 1. The van der Waals surface area contributed by atoms with E-state index in [0.717, 1.165) is 66.7 Å². The number of fused-ring (bicyclic) bond motifs is 2. The lowest BCUT2D eigenvalue weighted by atomic mass is 9.85.